The molecule has 2 amide bonds. The molecule has 0 aliphatic heterocycles. The van der Waals surface area contributed by atoms with Gasteiger partial charge in [0.2, 0.25) is 0 Å². The molecule has 1 fully saturated rings. The minimum absolute atomic E-state index is 0.0751. The summed E-state index contributed by atoms with van der Waals surface area (Å²) < 4.78 is 40.8. The van der Waals surface area contributed by atoms with E-state index in [1.807, 2.05) is 6.92 Å². The molecule has 0 spiro atoms. The van der Waals surface area contributed by atoms with Crippen LogP contribution < -0.4 is 10.6 Å². The number of aryl methyl sites for hydroxylation is 2. The van der Waals surface area contributed by atoms with E-state index in [-0.39, 0.29) is 12.5 Å². The summed E-state index contributed by atoms with van der Waals surface area (Å²) in [6, 6.07) is -1.75. The number of aromatic nitrogens is 2. The SMILES string of the molecule is Cc1nn(C)cc1[C@H](C)NC(=O)N[C@H]1CCCC[C@H]1C(F)(F)F. The second-order valence-electron chi connectivity index (χ2n) is 6.22. The van der Waals surface area contributed by atoms with Gasteiger partial charge in [0.25, 0.3) is 0 Å². The molecular weight excluding hydrogens is 309 g/mol. The minimum Gasteiger partial charge on any atom is -0.335 e. The highest BCUT2D eigenvalue weighted by Gasteiger charge is 2.46. The van der Waals surface area contributed by atoms with Crippen LogP contribution in [0.2, 0.25) is 0 Å². The molecule has 3 atom stereocenters. The van der Waals surface area contributed by atoms with E-state index >= 15 is 0 Å². The summed E-state index contributed by atoms with van der Waals surface area (Å²) in [6.45, 7) is 3.61. The number of halogens is 3. The molecule has 0 saturated heterocycles. The molecule has 1 aliphatic rings. The number of carbonyl (C=O) groups is 1. The van der Waals surface area contributed by atoms with Crippen molar-refractivity contribution in [2.75, 3.05) is 0 Å². The van der Waals surface area contributed by atoms with E-state index in [0.717, 1.165) is 11.3 Å². The second kappa shape index (κ2) is 6.80. The molecule has 0 aromatic carbocycles. The van der Waals surface area contributed by atoms with Gasteiger partial charge in [-0.15, -0.1) is 0 Å². The lowest BCUT2D eigenvalue weighted by atomic mass is 9.84. The molecule has 1 aliphatic carbocycles. The Morgan fingerprint density at radius 3 is 2.61 bits per heavy atom. The Hall–Kier alpha value is -1.73. The van der Waals surface area contributed by atoms with E-state index in [1.165, 1.54) is 0 Å². The van der Waals surface area contributed by atoms with E-state index in [0.29, 0.717) is 19.3 Å². The van der Waals surface area contributed by atoms with E-state index in [1.54, 1.807) is 24.9 Å². The van der Waals surface area contributed by atoms with Crippen molar-refractivity contribution in [2.24, 2.45) is 13.0 Å². The Balaban J connectivity index is 1.96. The normalized spacial score (nSPS) is 23.4. The first-order valence-electron chi connectivity index (χ1n) is 7.82. The zero-order chi connectivity index (χ0) is 17.2. The first kappa shape index (κ1) is 17.6. The third kappa shape index (κ3) is 4.39. The first-order chi connectivity index (χ1) is 10.7. The summed E-state index contributed by atoms with van der Waals surface area (Å²) >= 11 is 0. The van der Waals surface area contributed by atoms with Crippen molar-refractivity contribution in [3.8, 4) is 0 Å². The van der Waals surface area contributed by atoms with Gasteiger partial charge in [0, 0.05) is 24.8 Å². The third-order valence-corrected chi connectivity index (χ3v) is 4.37. The van der Waals surface area contributed by atoms with Crippen molar-refractivity contribution in [3.63, 3.8) is 0 Å². The predicted octanol–water partition coefficient (Wildman–Crippen LogP) is 3.21. The number of amides is 2. The standard InChI is InChI=1S/C15H23F3N4O/c1-9(11-8-22(3)21-10(11)2)19-14(23)20-13-7-5-4-6-12(13)15(16,17)18/h8-9,12-13H,4-7H2,1-3H3,(H2,19,20,23)/t9-,12+,13-/m0/s1. The van der Waals surface area contributed by atoms with Gasteiger partial charge in [-0.1, -0.05) is 12.8 Å². The van der Waals surface area contributed by atoms with Gasteiger partial charge in [0.15, 0.2) is 0 Å². The lowest BCUT2D eigenvalue weighted by Gasteiger charge is -2.33. The van der Waals surface area contributed by atoms with Crippen LogP contribution in [-0.2, 0) is 7.05 Å². The molecule has 1 aromatic rings. The largest absolute Gasteiger partial charge is 0.393 e. The van der Waals surface area contributed by atoms with Crippen LogP contribution >= 0.6 is 0 Å². The molecule has 1 aromatic heterocycles. The zero-order valence-electron chi connectivity index (χ0n) is 13.6. The second-order valence-corrected chi connectivity index (χ2v) is 6.22. The third-order valence-electron chi connectivity index (χ3n) is 4.37. The van der Waals surface area contributed by atoms with Crippen molar-refractivity contribution in [1.29, 1.82) is 0 Å². The molecule has 0 unspecified atom stereocenters. The number of carbonyl (C=O) groups excluding carboxylic acids is 1. The van der Waals surface area contributed by atoms with Crippen molar-refractivity contribution in [1.82, 2.24) is 20.4 Å². The molecule has 8 heteroatoms. The van der Waals surface area contributed by atoms with Gasteiger partial charge in [-0.05, 0) is 26.7 Å². The van der Waals surface area contributed by atoms with Gasteiger partial charge in [-0.3, -0.25) is 4.68 Å². The molecular formula is C15H23F3N4O. The minimum atomic E-state index is -4.27. The van der Waals surface area contributed by atoms with E-state index in [2.05, 4.69) is 15.7 Å². The highest BCUT2D eigenvalue weighted by molar-refractivity contribution is 5.74. The van der Waals surface area contributed by atoms with Gasteiger partial charge < -0.3 is 10.6 Å². The van der Waals surface area contributed by atoms with E-state index in [9.17, 15) is 18.0 Å². The fraction of sp³-hybridized carbons (Fsp3) is 0.733. The van der Waals surface area contributed by atoms with Crippen LogP contribution in [0.1, 0.15) is 49.9 Å². The zero-order valence-corrected chi connectivity index (χ0v) is 13.6. The van der Waals surface area contributed by atoms with Crippen molar-refractivity contribution < 1.29 is 18.0 Å². The summed E-state index contributed by atoms with van der Waals surface area (Å²) in [4.78, 5) is 12.1. The van der Waals surface area contributed by atoms with Crippen molar-refractivity contribution >= 4 is 6.03 Å². The van der Waals surface area contributed by atoms with Crippen molar-refractivity contribution in [2.45, 2.75) is 57.8 Å². The summed E-state index contributed by atoms with van der Waals surface area (Å²) in [5, 5.41) is 9.40. The molecule has 23 heavy (non-hydrogen) atoms. The lowest BCUT2D eigenvalue weighted by molar-refractivity contribution is -0.187. The Kier molecular flexibility index (Phi) is 5.21. The summed E-state index contributed by atoms with van der Waals surface area (Å²) in [7, 11) is 1.78. The van der Waals surface area contributed by atoms with Crippen LogP contribution in [0, 0.1) is 12.8 Å². The van der Waals surface area contributed by atoms with Crippen LogP contribution in [0.3, 0.4) is 0 Å². The first-order valence-corrected chi connectivity index (χ1v) is 7.82. The van der Waals surface area contributed by atoms with Crippen LogP contribution in [-0.4, -0.2) is 28.0 Å². The molecule has 5 nitrogen and oxygen atoms in total. The maximum Gasteiger partial charge on any atom is 0.393 e. The molecule has 0 bridgehead atoms. The quantitative estimate of drug-likeness (QED) is 0.893. The number of nitrogens with one attached hydrogen (secondary N) is 2. The number of alkyl halides is 3. The molecule has 2 N–H and O–H groups in total. The molecule has 0 radical (unpaired) electrons. The topological polar surface area (TPSA) is 59.0 Å². The van der Waals surface area contributed by atoms with E-state index in [4.69, 9.17) is 0 Å². The number of hydrogen-bond donors (Lipinski definition) is 2. The highest BCUT2D eigenvalue weighted by Crippen LogP contribution is 2.37. The van der Waals surface area contributed by atoms with Crippen molar-refractivity contribution in [3.05, 3.63) is 17.5 Å². The Morgan fingerprint density at radius 1 is 1.39 bits per heavy atom. The Labute approximate surface area is 133 Å². The molecule has 130 valence electrons. The van der Waals surface area contributed by atoms with Gasteiger partial charge in [-0.2, -0.15) is 18.3 Å². The summed E-state index contributed by atoms with van der Waals surface area (Å²) in [6.07, 6.45) is -0.795. The average Bonchev–Trinajstić information content (AvgIpc) is 2.77. The highest BCUT2D eigenvalue weighted by atomic mass is 19.4. The number of urea groups is 1. The van der Waals surface area contributed by atoms with Gasteiger partial charge >= 0.3 is 12.2 Å². The van der Waals surface area contributed by atoms with Crippen LogP contribution in [0.4, 0.5) is 18.0 Å². The fourth-order valence-corrected chi connectivity index (χ4v) is 3.22. The van der Waals surface area contributed by atoms with Gasteiger partial charge in [0.05, 0.1) is 17.7 Å². The fourth-order valence-electron chi connectivity index (χ4n) is 3.22. The summed E-state index contributed by atoms with van der Waals surface area (Å²) in [5.41, 5.74) is 1.63. The number of hydrogen-bond acceptors (Lipinski definition) is 2. The van der Waals surface area contributed by atoms with Crippen LogP contribution in [0.25, 0.3) is 0 Å². The number of nitrogens with zero attached hydrogens (tertiary/aromatic N) is 2. The predicted molar refractivity (Wildman–Crippen MR) is 79.8 cm³/mol. The van der Waals surface area contributed by atoms with Gasteiger partial charge in [-0.25, -0.2) is 4.79 Å². The maximum atomic E-state index is 13.0. The lowest BCUT2D eigenvalue weighted by Crippen LogP contribution is -2.51. The Morgan fingerprint density at radius 2 is 2.04 bits per heavy atom. The molecule has 1 heterocycles. The average molecular weight is 332 g/mol. The molecule has 2 rings (SSSR count). The Bertz CT molecular complexity index is 555. The smallest absolute Gasteiger partial charge is 0.335 e. The summed E-state index contributed by atoms with van der Waals surface area (Å²) in [5.74, 6) is -1.46. The van der Waals surface area contributed by atoms with Crippen LogP contribution in [0.5, 0.6) is 0 Å². The van der Waals surface area contributed by atoms with Crippen LogP contribution in [0.15, 0.2) is 6.20 Å². The maximum absolute atomic E-state index is 13.0. The number of rotatable bonds is 3. The molecule has 1 saturated carbocycles. The van der Waals surface area contributed by atoms with E-state index < -0.39 is 24.2 Å². The van der Waals surface area contributed by atoms with Gasteiger partial charge in [0.1, 0.15) is 0 Å². The monoisotopic (exact) mass is 332 g/mol.